The van der Waals surface area contributed by atoms with Crippen molar-refractivity contribution in [2.45, 2.75) is 6.42 Å². The lowest BCUT2D eigenvalue weighted by Crippen LogP contribution is -2.17. The van der Waals surface area contributed by atoms with Crippen molar-refractivity contribution >= 4 is 11.6 Å². The number of hydrogen-bond acceptors (Lipinski definition) is 5. The van der Waals surface area contributed by atoms with E-state index in [1.54, 1.807) is 6.07 Å². The molecule has 3 rings (SSSR count). The van der Waals surface area contributed by atoms with Crippen LogP contribution in [0.25, 0.3) is 11.5 Å². The van der Waals surface area contributed by atoms with Crippen LogP contribution in [0.15, 0.2) is 59.1 Å². The van der Waals surface area contributed by atoms with Gasteiger partial charge in [0.1, 0.15) is 6.61 Å². The first-order valence-corrected chi connectivity index (χ1v) is 7.51. The number of anilines is 1. The fourth-order valence-corrected chi connectivity index (χ4v) is 2.31. The summed E-state index contributed by atoms with van der Waals surface area (Å²) in [7, 11) is 1.47. The van der Waals surface area contributed by atoms with E-state index in [9.17, 15) is 4.79 Å². The molecule has 1 aromatic heterocycles. The lowest BCUT2D eigenvalue weighted by atomic mass is 10.1. The zero-order chi connectivity index (χ0) is 16.8. The van der Waals surface area contributed by atoms with Crippen molar-refractivity contribution in [1.82, 2.24) is 10.1 Å². The van der Waals surface area contributed by atoms with E-state index in [1.165, 1.54) is 7.11 Å². The van der Waals surface area contributed by atoms with E-state index >= 15 is 0 Å². The standard InChI is InChI=1S/C18H17N3O3/c1-23-12-17(22)19-15-10-6-5-9-14(15)18-20-16(21-24-18)11-13-7-3-2-4-8-13/h2-10H,11-12H2,1H3,(H,19,22). The van der Waals surface area contributed by atoms with Crippen molar-refractivity contribution in [3.05, 3.63) is 66.0 Å². The maximum absolute atomic E-state index is 11.7. The molecular formula is C18H17N3O3. The number of nitrogens with one attached hydrogen (secondary N) is 1. The minimum Gasteiger partial charge on any atom is -0.375 e. The largest absolute Gasteiger partial charge is 0.375 e. The van der Waals surface area contributed by atoms with E-state index in [-0.39, 0.29) is 12.5 Å². The van der Waals surface area contributed by atoms with Gasteiger partial charge in [-0.25, -0.2) is 0 Å². The lowest BCUT2D eigenvalue weighted by molar-refractivity contribution is -0.119. The van der Waals surface area contributed by atoms with Gasteiger partial charge in [0.15, 0.2) is 5.82 Å². The van der Waals surface area contributed by atoms with Gasteiger partial charge in [-0.15, -0.1) is 0 Å². The van der Waals surface area contributed by atoms with Crippen LogP contribution in [0.1, 0.15) is 11.4 Å². The number of ether oxygens (including phenoxy) is 1. The molecule has 0 aliphatic carbocycles. The third-order valence-electron chi connectivity index (χ3n) is 3.38. The first kappa shape index (κ1) is 15.9. The molecule has 6 heteroatoms. The number of para-hydroxylation sites is 1. The van der Waals surface area contributed by atoms with Gasteiger partial charge < -0.3 is 14.6 Å². The minimum atomic E-state index is -0.242. The Bertz CT molecular complexity index is 815. The van der Waals surface area contributed by atoms with Crippen LogP contribution in [0.3, 0.4) is 0 Å². The summed E-state index contributed by atoms with van der Waals surface area (Å²) in [4.78, 5) is 16.2. The SMILES string of the molecule is COCC(=O)Nc1ccccc1-c1nc(Cc2ccccc2)no1. The summed E-state index contributed by atoms with van der Waals surface area (Å²) in [5, 5.41) is 6.80. The fraction of sp³-hybridized carbons (Fsp3) is 0.167. The monoisotopic (exact) mass is 323 g/mol. The first-order chi connectivity index (χ1) is 11.8. The van der Waals surface area contributed by atoms with Gasteiger partial charge in [0.05, 0.1) is 11.3 Å². The summed E-state index contributed by atoms with van der Waals surface area (Å²) < 4.78 is 10.2. The molecular weight excluding hydrogens is 306 g/mol. The van der Waals surface area contributed by atoms with Crippen LogP contribution in [0.4, 0.5) is 5.69 Å². The number of aromatic nitrogens is 2. The Morgan fingerprint density at radius 3 is 2.67 bits per heavy atom. The van der Waals surface area contributed by atoms with Gasteiger partial charge >= 0.3 is 0 Å². The first-order valence-electron chi connectivity index (χ1n) is 7.51. The second kappa shape index (κ2) is 7.52. The van der Waals surface area contributed by atoms with Crippen LogP contribution in [-0.2, 0) is 16.0 Å². The van der Waals surface area contributed by atoms with Crippen molar-refractivity contribution in [3.63, 3.8) is 0 Å². The molecule has 0 atom stereocenters. The van der Waals surface area contributed by atoms with Crippen molar-refractivity contribution in [2.75, 3.05) is 19.0 Å². The van der Waals surface area contributed by atoms with E-state index in [0.717, 1.165) is 5.56 Å². The van der Waals surface area contributed by atoms with Crippen molar-refractivity contribution in [1.29, 1.82) is 0 Å². The molecule has 0 bridgehead atoms. The molecule has 1 N–H and O–H groups in total. The van der Waals surface area contributed by atoms with Crippen molar-refractivity contribution in [2.24, 2.45) is 0 Å². The molecule has 2 aromatic carbocycles. The molecule has 0 unspecified atom stereocenters. The highest BCUT2D eigenvalue weighted by Gasteiger charge is 2.14. The van der Waals surface area contributed by atoms with Gasteiger partial charge in [-0.05, 0) is 17.7 Å². The van der Waals surface area contributed by atoms with Crippen LogP contribution in [-0.4, -0.2) is 29.8 Å². The molecule has 0 aliphatic heterocycles. The maximum Gasteiger partial charge on any atom is 0.260 e. The molecule has 0 aliphatic rings. The van der Waals surface area contributed by atoms with Crippen LogP contribution in [0.5, 0.6) is 0 Å². The van der Waals surface area contributed by atoms with Gasteiger partial charge in [0.25, 0.3) is 5.89 Å². The number of rotatable bonds is 6. The Kier molecular flexibility index (Phi) is 4.98. The third-order valence-corrected chi connectivity index (χ3v) is 3.38. The van der Waals surface area contributed by atoms with Crippen LogP contribution >= 0.6 is 0 Å². The molecule has 1 amide bonds. The molecule has 0 saturated heterocycles. The van der Waals surface area contributed by atoms with Crippen molar-refractivity contribution in [3.8, 4) is 11.5 Å². The highest BCUT2D eigenvalue weighted by Crippen LogP contribution is 2.26. The van der Waals surface area contributed by atoms with E-state index in [1.807, 2.05) is 48.5 Å². The molecule has 3 aromatic rings. The van der Waals surface area contributed by atoms with Gasteiger partial charge in [-0.3, -0.25) is 4.79 Å². The number of hydrogen-bond donors (Lipinski definition) is 1. The molecule has 1 heterocycles. The predicted molar refractivity (Wildman–Crippen MR) is 89.5 cm³/mol. The topological polar surface area (TPSA) is 77.2 Å². The fourth-order valence-electron chi connectivity index (χ4n) is 2.31. The zero-order valence-corrected chi connectivity index (χ0v) is 13.2. The number of carbonyl (C=O) groups excluding carboxylic acids is 1. The highest BCUT2D eigenvalue weighted by atomic mass is 16.5. The molecule has 0 saturated carbocycles. The predicted octanol–water partition coefficient (Wildman–Crippen LogP) is 2.91. The number of benzene rings is 2. The zero-order valence-electron chi connectivity index (χ0n) is 13.2. The second-order valence-corrected chi connectivity index (χ2v) is 5.20. The van der Waals surface area contributed by atoms with Gasteiger partial charge in [-0.1, -0.05) is 47.6 Å². The maximum atomic E-state index is 11.7. The average Bonchev–Trinajstić information content (AvgIpc) is 3.05. The number of nitrogens with zero attached hydrogens (tertiary/aromatic N) is 2. The molecule has 0 spiro atoms. The Morgan fingerprint density at radius 1 is 1.12 bits per heavy atom. The normalized spacial score (nSPS) is 10.5. The molecule has 122 valence electrons. The molecule has 24 heavy (non-hydrogen) atoms. The van der Waals surface area contributed by atoms with Crippen LogP contribution in [0.2, 0.25) is 0 Å². The van der Waals surface area contributed by atoms with Crippen LogP contribution in [0, 0.1) is 0 Å². The molecule has 0 fully saturated rings. The Morgan fingerprint density at radius 2 is 1.88 bits per heavy atom. The minimum absolute atomic E-state index is 0.0164. The van der Waals surface area contributed by atoms with E-state index in [4.69, 9.17) is 9.26 Å². The van der Waals surface area contributed by atoms with Crippen molar-refractivity contribution < 1.29 is 14.1 Å². The molecule has 0 radical (unpaired) electrons. The lowest BCUT2D eigenvalue weighted by Gasteiger charge is -2.07. The van der Waals surface area contributed by atoms with Gasteiger partial charge in [0.2, 0.25) is 5.91 Å². The van der Waals surface area contributed by atoms with Crippen LogP contribution < -0.4 is 5.32 Å². The Hall–Kier alpha value is -2.99. The van der Waals surface area contributed by atoms with E-state index < -0.39 is 0 Å². The molecule has 6 nitrogen and oxygen atoms in total. The third kappa shape index (κ3) is 3.85. The number of amides is 1. The number of carbonyl (C=O) groups is 1. The Labute approximate surface area is 139 Å². The second-order valence-electron chi connectivity index (χ2n) is 5.20. The number of methoxy groups -OCH3 is 1. The van der Waals surface area contributed by atoms with E-state index in [2.05, 4.69) is 15.5 Å². The van der Waals surface area contributed by atoms with Gasteiger partial charge in [-0.2, -0.15) is 4.98 Å². The van der Waals surface area contributed by atoms with E-state index in [0.29, 0.717) is 29.4 Å². The summed E-state index contributed by atoms with van der Waals surface area (Å²) in [6.07, 6.45) is 0.586. The quantitative estimate of drug-likeness (QED) is 0.755. The van der Waals surface area contributed by atoms with Gasteiger partial charge in [0, 0.05) is 13.5 Å². The summed E-state index contributed by atoms with van der Waals surface area (Å²) in [5.74, 6) is 0.720. The summed E-state index contributed by atoms with van der Waals surface area (Å²) in [6.45, 7) is -0.0164. The summed E-state index contributed by atoms with van der Waals surface area (Å²) in [6, 6.07) is 17.2. The summed E-state index contributed by atoms with van der Waals surface area (Å²) in [5.41, 5.74) is 2.38. The highest BCUT2D eigenvalue weighted by molar-refractivity contribution is 5.95. The Balaban J connectivity index is 1.81. The smallest absolute Gasteiger partial charge is 0.260 e. The summed E-state index contributed by atoms with van der Waals surface area (Å²) >= 11 is 0. The average molecular weight is 323 g/mol.